The largest absolute Gasteiger partial charge is 0.366 e. The van der Waals surface area contributed by atoms with Gasteiger partial charge in [-0.15, -0.1) is 0 Å². The monoisotopic (exact) mass is 431 g/mol. The Hall–Kier alpha value is -3.41. The van der Waals surface area contributed by atoms with Gasteiger partial charge in [0, 0.05) is 17.8 Å². The van der Waals surface area contributed by atoms with Crippen LogP contribution in [-0.4, -0.2) is 29.9 Å². The minimum Gasteiger partial charge on any atom is -0.366 e. The summed E-state index contributed by atoms with van der Waals surface area (Å²) < 4.78 is 0. The highest BCUT2D eigenvalue weighted by Gasteiger charge is 2.38. The van der Waals surface area contributed by atoms with E-state index in [-0.39, 0.29) is 11.1 Å². The zero-order chi connectivity index (χ0) is 23.2. The lowest BCUT2D eigenvalue weighted by Crippen LogP contribution is -2.54. The molecule has 0 unspecified atom stereocenters. The Balaban J connectivity index is 1.78. The Bertz CT molecular complexity index is 1130. The third-order valence-corrected chi connectivity index (χ3v) is 6.51. The van der Waals surface area contributed by atoms with E-state index in [0.29, 0.717) is 11.6 Å². The number of fused-ring (bicyclic) bond motifs is 1. The van der Waals surface area contributed by atoms with Gasteiger partial charge in [0.15, 0.2) is 0 Å². The molecule has 1 fully saturated rings. The molecule has 1 atom stereocenters. The van der Waals surface area contributed by atoms with Gasteiger partial charge in [0.05, 0.1) is 5.69 Å². The van der Waals surface area contributed by atoms with Crippen LogP contribution in [0.2, 0.25) is 0 Å². The number of benzene rings is 2. The molecule has 0 radical (unpaired) electrons. The highest BCUT2D eigenvalue weighted by atomic mass is 16.2. The van der Waals surface area contributed by atoms with Crippen molar-refractivity contribution < 1.29 is 14.4 Å². The normalized spacial score (nSPS) is 21.6. The summed E-state index contributed by atoms with van der Waals surface area (Å²) in [6.07, 6.45) is 2.63. The number of nitrogens with zero attached hydrogens (tertiary/aromatic N) is 2. The van der Waals surface area contributed by atoms with E-state index < -0.39 is 17.8 Å². The first-order valence-corrected chi connectivity index (χ1v) is 11.0. The number of hydrogen-bond donors (Lipinski definition) is 1. The maximum atomic E-state index is 13.2. The molecule has 0 spiro atoms. The van der Waals surface area contributed by atoms with E-state index in [2.05, 4.69) is 50.0 Å². The molecule has 2 heterocycles. The zero-order valence-electron chi connectivity index (χ0n) is 19.2. The minimum atomic E-state index is -0.736. The van der Waals surface area contributed by atoms with Crippen molar-refractivity contribution in [3.63, 3.8) is 0 Å². The molecule has 6 heteroatoms. The Kier molecular flexibility index (Phi) is 5.41. The maximum absolute atomic E-state index is 13.2. The summed E-state index contributed by atoms with van der Waals surface area (Å²) in [4.78, 5) is 41.6. The van der Waals surface area contributed by atoms with E-state index in [1.165, 1.54) is 11.3 Å². The Morgan fingerprint density at radius 1 is 1.12 bits per heavy atom. The van der Waals surface area contributed by atoms with Gasteiger partial charge in [0.2, 0.25) is 0 Å². The summed E-state index contributed by atoms with van der Waals surface area (Å²) in [5, 5.41) is 2.30. The second-order valence-corrected chi connectivity index (χ2v) is 9.22. The molecule has 4 rings (SSSR count). The van der Waals surface area contributed by atoms with Crippen molar-refractivity contribution in [3.8, 4) is 0 Å². The van der Waals surface area contributed by atoms with Crippen LogP contribution in [0.5, 0.6) is 0 Å². The topological polar surface area (TPSA) is 69.7 Å². The number of nitrogens with one attached hydrogen (secondary N) is 1. The molecule has 1 N–H and O–H groups in total. The van der Waals surface area contributed by atoms with Gasteiger partial charge in [-0.2, -0.15) is 0 Å². The van der Waals surface area contributed by atoms with Gasteiger partial charge in [-0.05, 0) is 87.1 Å². The fourth-order valence-electron chi connectivity index (χ4n) is 5.03. The van der Waals surface area contributed by atoms with E-state index >= 15 is 0 Å². The average molecular weight is 432 g/mol. The highest BCUT2D eigenvalue weighted by Crippen LogP contribution is 2.44. The molecule has 4 amide bonds. The standard InChI is InChI=1S/C26H29N3O3/c1-6-28-22-12-16(2)18(13-20(22)17(3)15-26(28,4)5)14-21-23(30)27-25(32)29(24(21)31)19-10-8-7-9-11-19/h7-14,17H,6,15H2,1-5H3,(H,27,30,32)/b21-14+/t17-/m1/s1. The van der Waals surface area contributed by atoms with Crippen molar-refractivity contribution in [3.05, 3.63) is 64.7 Å². The Labute approximate surface area is 188 Å². The van der Waals surface area contributed by atoms with Crippen molar-refractivity contribution in [1.29, 1.82) is 0 Å². The van der Waals surface area contributed by atoms with E-state index in [1.807, 2.05) is 6.92 Å². The summed E-state index contributed by atoms with van der Waals surface area (Å²) in [7, 11) is 0. The highest BCUT2D eigenvalue weighted by molar-refractivity contribution is 6.39. The molecule has 2 aliphatic heterocycles. The van der Waals surface area contributed by atoms with Crippen LogP contribution in [0.3, 0.4) is 0 Å². The predicted molar refractivity (Wildman–Crippen MR) is 127 cm³/mol. The Morgan fingerprint density at radius 2 is 1.81 bits per heavy atom. The lowest BCUT2D eigenvalue weighted by Gasteiger charge is -2.47. The summed E-state index contributed by atoms with van der Waals surface area (Å²) >= 11 is 0. The Morgan fingerprint density at radius 3 is 2.47 bits per heavy atom. The van der Waals surface area contributed by atoms with Crippen LogP contribution in [0.1, 0.15) is 56.7 Å². The molecule has 6 nitrogen and oxygen atoms in total. The molecule has 1 saturated heterocycles. The minimum absolute atomic E-state index is 0.0485. The van der Waals surface area contributed by atoms with E-state index in [0.717, 1.165) is 29.0 Å². The molecule has 2 aromatic rings. The van der Waals surface area contributed by atoms with Gasteiger partial charge in [-0.25, -0.2) is 9.69 Å². The molecule has 0 saturated carbocycles. The smallest absolute Gasteiger partial charge is 0.335 e. The number of hydrogen-bond acceptors (Lipinski definition) is 4. The fraction of sp³-hybridized carbons (Fsp3) is 0.346. The molecule has 0 aliphatic carbocycles. The van der Waals surface area contributed by atoms with Crippen LogP contribution in [0, 0.1) is 6.92 Å². The van der Waals surface area contributed by atoms with Crippen LogP contribution in [0.4, 0.5) is 16.2 Å². The van der Waals surface area contributed by atoms with Crippen molar-refractivity contribution in [2.45, 2.75) is 52.5 Å². The van der Waals surface area contributed by atoms with Gasteiger partial charge in [0.25, 0.3) is 11.8 Å². The van der Waals surface area contributed by atoms with E-state index in [1.54, 1.807) is 36.4 Å². The molecular formula is C26H29N3O3. The number of amides is 4. The van der Waals surface area contributed by atoms with Crippen LogP contribution >= 0.6 is 0 Å². The average Bonchev–Trinajstić information content (AvgIpc) is 2.72. The molecule has 0 aromatic heterocycles. The SMILES string of the molecule is CCN1c2cc(C)c(/C=C3\C(=O)NC(=O)N(c4ccccc4)C3=O)cc2[C@H](C)CC1(C)C. The third-order valence-electron chi connectivity index (χ3n) is 6.51. The quantitative estimate of drug-likeness (QED) is 0.561. The van der Waals surface area contributed by atoms with Crippen molar-refractivity contribution in [1.82, 2.24) is 5.32 Å². The predicted octanol–water partition coefficient (Wildman–Crippen LogP) is 4.77. The van der Waals surface area contributed by atoms with Gasteiger partial charge in [0.1, 0.15) is 5.57 Å². The van der Waals surface area contributed by atoms with Crippen LogP contribution < -0.4 is 15.1 Å². The number of aryl methyl sites for hydroxylation is 1. The van der Waals surface area contributed by atoms with Crippen LogP contribution in [-0.2, 0) is 9.59 Å². The van der Waals surface area contributed by atoms with Crippen LogP contribution in [0.15, 0.2) is 48.0 Å². The number of anilines is 2. The van der Waals surface area contributed by atoms with Crippen molar-refractivity contribution in [2.75, 3.05) is 16.3 Å². The summed E-state index contributed by atoms with van der Waals surface area (Å²) in [6.45, 7) is 11.8. The van der Waals surface area contributed by atoms with Gasteiger partial charge in [-0.3, -0.25) is 14.9 Å². The maximum Gasteiger partial charge on any atom is 0.335 e. The summed E-state index contributed by atoms with van der Waals surface area (Å²) in [5.74, 6) is -0.945. The van der Waals surface area contributed by atoms with Crippen LogP contribution in [0.25, 0.3) is 6.08 Å². The first-order chi connectivity index (χ1) is 15.1. The fourth-order valence-corrected chi connectivity index (χ4v) is 5.03. The van der Waals surface area contributed by atoms with Crippen molar-refractivity contribution in [2.24, 2.45) is 0 Å². The number of carbonyl (C=O) groups excluding carboxylic acids is 3. The van der Waals surface area contributed by atoms with Gasteiger partial charge in [-0.1, -0.05) is 25.1 Å². The molecule has 2 aromatic carbocycles. The number of barbiturate groups is 1. The molecule has 2 aliphatic rings. The number of para-hydroxylation sites is 1. The first-order valence-electron chi connectivity index (χ1n) is 11.0. The van der Waals surface area contributed by atoms with Gasteiger partial charge >= 0.3 is 6.03 Å². The van der Waals surface area contributed by atoms with Crippen molar-refractivity contribution >= 4 is 35.3 Å². The number of carbonyl (C=O) groups is 3. The summed E-state index contributed by atoms with van der Waals surface area (Å²) in [5.41, 5.74) is 4.64. The van der Waals surface area contributed by atoms with E-state index in [4.69, 9.17) is 0 Å². The second kappa shape index (κ2) is 7.93. The molecular weight excluding hydrogens is 402 g/mol. The first kappa shape index (κ1) is 21.8. The number of urea groups is 1. The molecule has 32 heavy (non-hydrogen) atoms. The van der Waals surface area contributed by atoms with Gasteiger partial charge < -0.3 is 4.90 Å². The molecule has 0 bridgehead atoms. The third kappa shape index (κ3) is 3.60. The number of imide groups is 2. The zero-order valence-corrected chi connectivity index (χ0v) is 19.2. The lowest BCUT2D eigenvalue weighted by molar-refractivity contribution is -0.122. The number of rotatable bonds is 3. The summed E-state index contributed by atoms with van der Waals surface area (Å²) in [6, 6.07) is 12.1. The van der Waals surface area contributed by atoms with E-state index in [9.17, 15) is 14.4 Å². The molecule has 166 valence electrons. The lowest BCUT2D eigenvalue weighted by atomic mass is 9.79. The second-order valence-electron chi connectivity index (χ2n) is 9.22.